The fraction of sp³-hybridized carbons (Fsp3) is 0.179. The number of hydrogen-bond donors (Lipinski definition) is 0. The fourth-order valence-corrected chi connectivity index (χ4v) is 7.70. The second-order valence-corrected chi connectivity index (χ2v) is 12.8. The Kier molecular flexibility index (Phi) is 5.13. The van der Waals surface area contributed by atoms with Crippen molar-refractivity contribution in [2.45, 2.75) is 29.7 Å². The third-order valence-electron chi connectivity index (χ3n) is 6.52. The lowest BCUT2D eigenvalue weighted by atomic mass is 10.1. The van der Waals surface area contributed by atoms with Crippen molar-refractivity contribution in [3.05, 3.63) is 77.1 Å². The smallest absolute Gasteiger partial charge is 0.0789 e. The Morgan fingerprint density at radius 2 is 1.31 bits per heavy atom. The SMILES string of the molecule is CN(C)C1=CC2Sc3cc4c(cc3N=C2C=C1)Sc1cc2c(cc1=N4)Sc1cc(N(C)C)ccc1N=2. The van der Waals surface area contributed by atoms with Crippen LogP contribution >= 0.6 is 35.3 Å². The fourth-order valence-electron chi connectivity index (χ4n) is 4.55. The first-order chi connectivity index (χ1) is 17.4. The van der Waals surface area contributed by atoms with Gasteiger partial charge >= 0.3 is 0 Å². The van der Waals surface area contributed by atoms with Crippen molar-refractivity contribution in [2.24, 2.45) is 15.0 Å². The summed E-state index contributed by atoms with van der Waals surface area (Å²) in [6, 6.07) is 15.2. The molecular weight excluding hydrogens is 503 g/mol. The van der Waals surface area contributed by atoms with Gasteiger partial charge in [0.25, 0.3) is 0 Å². The van der Waals surface area contributed by atoms with Crippen LogP contribution in [-0.4, -0.2) is 44.1 Å². The Bertz CT molecular complexity index is 1680. The predicted molar refractivity (Wildman–Crippen MR) is 151 cm³/mol. The van der Waals surface area contributed by atoms with Gasteiger partial charge in [-0.15, -0.1) is 11.8 Å². The zero-order valence-corrected chi connectivity index (χ0v) is 22.8. The molecule has 3 aromatic carbocycles. The minimum atomic E-state index is 0.235. The molecule has 36 heavy (non-hydrogen) atoms. The molecule has 0 saturated carbocycles. The molecule has 1 atom stereocenters. The van der Waals surface area contributed by atoms with Gasteiger partial charge in [0.2, 0.25) is 0 Å². The summed E-state index contributed by atoms with van der Waals surface area (Å²) in [4.78, 5) is 25.1. The maximum Gasteiger partial charge on any atom is 0.0789 e. The Hall–Kier alpha value is -2.94. The molecule has 0 bridgehead atoms. The average Bonchev–Trinajstić information content (AvgIpc) is 2.86. The van der Waals surface area contributed by atoms with Gasteiger partial charge in [0, 0.05) is 64.1 Å². The van der Waals surface area contributed by atoms with E-state index in [1.54, 1.807) is 23.5 Å². The number of fused-ring (bicyclic) bond motifs is 6. The number of rotatable bonds is 2. The lowest BCUT2D eigenvalue weighted by molar-refractivity contribution is 0.528. The standard InChI is InChI=1S/C28H23N5S3/c1-32(2)15-5-7-17-23(9-15)34-25-13-21-27(11-19(25)29-17)36-28-12-20-26(14-22(28)31-21)35-24-10-16(33(3)4)6-8-18(24)30-20/h5-14,23H,1-4H3. The molecule has 1 aliphatic carbocycles. The molecule has 5 nitrogen and oxygen atoms in total. The zero-order chi connectivity index (χ0) is 24.6. The molecule has 3 heterocycles. The van der Waals surface area contributed by atoms with Crippen LogP contribution in [-0.2, 0) is 0 Å². The molecule has 0 N–H and O–H groups in total. The lowest BCUT2D eigenvalue weighted by Gasteiger charge is -2.27. The van der Waals surface area contributed by atoms with E-state index >= 15 is 0 Å². The van der Waals surface area contributed by atoms with Crippen LogP contribution in [0.5, 0.6) is 0 Å². The van der Waals surface area contributed by atoms with Crippen molar-refractivity contribution in [2.75, 3.05) is 33.1 Å². The monoisotopic (exact) mass is 525 g/mol. The Morgan fingerprint density at radius 3 is 2.03 bits per heavy atom. The number of anilines is 1. The molecule has 178 valence electrons. The van der Waals surface area contributed by atoms with Crippen molar-refractivity contribution in [3.8, 4) is 0 Å². The van der Waals surface area contributed by atoms with Crippen LogP contribution in [0, 0.1) is 0 Å². The van der Waals surface area contributed by atoms with Gasteiger partial charge in [-0.05, 0) is 60.7 Å². The summed E-state index contributed by atoms with van der Waals surface area (Å²) in [5.41, 5.74) is 6.59. The first kappa shape index (κ1) is 22.3. The molecule has 0 saturated heterocycles. The minimum absolute atomic E-state index is 0.235. The van der Waals surface area contributed by atoms with Crippen LogP contribution in [0.2, 0.25) is 0 Å². The Balaban J connectivity index is 1.28. The number of nitrogens with zero attached hydrogens (tertiary/aromatic N) is 5. The normalized spacial score (nSPS) is 18.1. The largest absolute Gasteiger partial charge is 0.378 e. The van der Waals surface area contributed by atoms with Crippen LogP contribution in [0.15, 0.2) is 106 Å². The Morgan fingerprint density at radius 1 is 0.639 bits per heavy atom. The number of allylic oxidation sites excluding steroid dienone is 2. The summed E-state index contributed by atoms with van der Waals surface area (Å²) in [5.74, 6) is 0. The van der Waals surface area contributed by atoms with E-state index in [-0.39, 0.29) is 5.25 Å². The molecule has 0 fully saturated rings. The number of benzene rings is 3. The van der Waals surface area contributed by atoms with Crippen molar-refractivity contribution >= 4 is 63.7 Å². The predicted octanol–water partition coefficient (Wildman–Crippen LogP) is 6.15. The highest BCUT2D eigenvalue weighted by Gasteiger charge is 2.26. The van der Waals surface area contributed by atoms with Gasteiger partial charge in [0.1, 0.15) is 0 Å². The van der Waals surface area contributed by atoms with Gasteiger partial charge in [-0.2, -0.15) is 0 Å². The van der Waals surface area contributed by atoms with Crippen molar-refractivity contribution < 1.29 is 0 Å². The van der Waals surface area contributed by atoms with Gasteiger partial charge in [-0.25, -0.2) is 9.98 Å². The lowest BCUT2D eigenvalue weighted by Crippen LogP contribution is -2.22. The maximum atomic E-state index is 5.09. The summed E-state index contributed by atoms with van der Waals surface area (Å²) in [7, 11) is 8.28. The molecule has 8 heteroatoms. The van der Waals surface area contributed by atoms with Crippen LogP contribution in [0.4, 0.5) is 22.7 Å². The maximum absolute atomic E-state index is 5.09. The van der Waals surface area contributed by atoms with E-state index in [0.717, 1.165) is 48.2 Å². The van der Waals surface area contributed by atoms with Gasteiger partial charge in [0.15, 0.2) is 0 Å². The van der Waals surface area contributed by atoms with E-state index in [2.05, 4.69) is 98.7 Å². The van der Waals surface area contributed by atoms with E-state index < -0.39 is 0 Å². The first-order valence-corrected chi connectivity index (χ1v) is 14.2. The highest BCUT2D eigenvalue weighted by molar-refractivity contribution is 8.01. The van der Waals surface area contributed by atoms with E-state index in [0.29, 0.717) is 0 Å². The molecule has 0 spiro atoms. The molecule has 3 aliphatic heterocycles. The summed E-state index contributed by atoms with van der Waals surface area (Å²) >= 11 is 5.40. The Labute approximate surface area is 222 Å². The summed E-state index contributed by atoms with van der Waals surface area (Å²) in [6.07, 6.45) is 6.58. The van der Waals surface area contributed by atoms with E-state index in [4.69, 9.17) is 15.0 Å². The first-order valence-electron chi connectivity index (χ1n) is 11.7. The van der Waals surface area contributed by atoms with Crippen LogP contribution < -0.4 is 15.6 Å². The summed E-state index contributed by atoms with van der Waals surface area (Å²) in [5, 5.41) is 2.27. The minimum Gasteiger partial charge on any atom is -0.378 e. The molecule has 0 aromatic heterocycles. The van der Waals surface area contributed by atoms with Crippen molar-refractivity contribution in [1.82, 2.24) is 4.90 Å². The second-order valence-electron chi connectivity index (χ2n) is 9.44. The third-order valence-corrected chi connectivity index (χ3v) is 9.92. The molecule has 1 unspecified atom stereocenters. The van der Waals surface area contributed by atoms with Gasteiger partial charge in [-0.1, -0.05) is 23.5 Å². The molecule has 7 rings (SSSR count). The van der Waals surface area contributed by atoms with Crippen molar-refractivity contribution in [1.29, 1.82) is 0 Å². The second kappa shape index (κ2) is 8.30. The van der Waals surface area contributed by atoms with E-state index in [1.807, 2.05) is 11.8 Å². The zero-order valence-electron chi connectivity index (χ0n) is 20.3. The summed E-state index contributed by atoms with van der Waals surface area (Å²) in [6.45, 7) is 0. The van der Waals surface area contributed by atoms with Gasteiger partial charge < -0.3 is 9.80 Å². The third kappa shape index (κ3) is 3.70. The summed E-state index contributed by atoms with van der Waals surface area (Å²) < 4.78 is 0. The molecule has 3 aromatic rings. The number of thioether (sulfide) groups is 1. The topological polar surface area (TPSA) is 43.6 Å². The van der Waals surface area contributed by atoms with Gasteiger partial charge in [0.05, 0.1) is 38.7 Å². The van der Waals surface area contributed by atoms with E-state index in [9.17, 15) is 0 Å². The number of hydrogen-bond acceptors (Lipinski definition) is 8. The van der Waals surface area contributed by atoms with E-state index in [1.165, 1.54) is 21.2 Å². The molecule has 0 radical (unpaired) electrons. The highest BCUT2D eigenvalue weighted by Crippen LogP contribution is 2.48. The number of likely N-dealkylation sites (N-methyl/N-ethyl adjacent to an activating group) is 1. The number of aliphatic imine (C=N–C) groups is 1. The van der Waals surface area contributed by atoms with Crippen LogP contribution in [0.3, 0.4) is 0 Å². The molecular formula is C28H23N5S3. The molecule has 0 amide bonds. The van der Waals surface area contributed by atoms with Crippen molar-refractivity contribution in [3.63, 3.8) is 0 Å². The van der Waals surface area contributed by atoms with Crippen LogP contribution in [0.1, 0.15) is 0 Å². The average molecular weight is 526 g/mol. The quantitative estimate of drug-likeness (QED) is 0.277. The van der Waals surface area contributed by atoms with Gasteiger partial charge in [-0.3, -0.25) is 4.99 Å². The molecule has 4 aliphatic rings. The van der Waals surface area contributed by atoms with Crippen LogP contribution in [0.25, 0.3) is 0 Å². The highest BCUT2D eigenvalue weighted by atomic mass is 32.2.